The lowest BCUT2D eigenvalue weighted by atomic mass is 9.73. The lowest BCUT2D eigenvalue weighted by molar-refractivity contribution is -0.000323. The molecule has 20 heavy (non-hydrogen) atoms. The molecule has 2 fully saturated rings. The summed E-state index contributed by atoms with van der Waals surface area (Å²) < 4.78 is 31.9. The zero-order valence-electron chi connectivity index (χ0n) is 10.9. The third kappa shape index (κ3) is 2.14. The SMILES string of the molecule is O=C(O)c1cc(F)c(F)cc1N1CC2(CCOCC2)C1. The van der Waals surface area contributed by atoms with Crippen LogP contribution in [0.3, 0.4) is 0 Å². The molecule has 0 radical (unpaired) electrons. The number of halogens is 2. The molecule has 2 aliphatic rings. The molecule has 1 aromatic rings. The van der Waals surface area contributed by atoms with Gasteiger partial charge in [-0.05, 0) is 18.9 Å². The molecule has 1 aromatic carbocycles. The van der Waals surface area contributed by atoms with Gasteiger partial charge in [-0.3, -0.25) is 0 Å². The second-order valence-corrected chi connectivity index (χ2v) is 5.56. The summed E-state index contributed by atoms with van der Waals surface area (Å²) in [7, 11) is 0. The maximum Gasteiger partial charge on any atom is 0.337 e. The van der Waals surface area contributed by atoms with Gasteiger partial charge >= 0.3 is 5.97 Å². The highest BCUT2D eigenvalue weighted by Gasteiger charge is 2.44. The van der Waals surface area contributed by atoms with Crippen molar-refractivity contribution >= 4 is 11.7 Å². The van der Waals surface area contributed by atoms with E-state index in [0.717, 1.165) is 25.0 Å². The average molecular weight is 283 g/mol. The highest BCUT2D eigenvalue weighted by atomic mass is 19.2. The van der Waals surface area contributed by atoms with E-state index in [1.54, 1.807) is 4.90 Å². The van der Waals surface area contributed by atoms with Gasteiger partial charge < -0.3 is 14.7 Å². The van der Waals surface area contributed by atoms with Gasteiger partial charge in [0, 0.05) is 37.8 Å². The van der Waals surface area contributed by atoms with E-state index in [9.17, 15) is 13.6 Å². The first-order valence-corrected chi connectivity index (χ1v) is 6.56. The smallest absolute Gasteiger partial charge is 0.337 e. The Hall–Kier alpha value is -1.69. The fourth-order valence-electron chi connectivity index (χ4n) is 3.02. The van der Waals surface area contributed by atoms with Crippen molar-refractivity contribution in [3.63, 3.8) is 0 Å². The quantitative estimate of drug-likeness (QED) is 0.904. The van der Waals surface area contributed by atoms with Gasteiger partial charge in [0.15, 0.2) is 11.6 Å². The van der Waals surface area contributed by atoms with E-state index in [1.165, 1.54) is 0 Å². The number of aromatic carboxylic acids is 1. The van der Waals surface area contributed by atoms with Crippen molar-refractivity contribution in [3.05, 3.63) is 29.3 Å². The third-order valence-corrected chi connectivity index (χ3v) is 4.22. The van der Waals surface area contributed by atoms with Crippen LogP contribution in [0, 0.1) is 17.0 Å². The molecule has 1 N–H and O–H groups in total. The third-order valence-electron chi connectivity index (χ3n) is 4.22. The summed E-state index contributed by atoms with van der Waals surface area (Å²) in [4.78, 5) is 13.0. The Kier molecular flexibility index (Phi) is 3.12. The summed E-state index contributed by atoms with van der Waals surface area (Å²) in [5, 5.41) is 9.12. The van der Waals surface area contributed by atoms with E-state index in [4.69, 9.17) is 9.84 Å². The van der Waals surface area contributed by atoms with Crippen LogP contribution in [0.5, 0.6) is 0 Å². The number of hydrogen-bond donors (Lipinski definition) is 1. The average Bonchev–Trinajstić information content (AvgIpc) is 2.39. The van der Waals surface area contributed by atoms with Crippen LogP contribution < -0.4 is 4.90 Å². The van der Waals surface area contributed by atoms with E-state index >= 15 is 0 Å². The van der Waals surface area contributed by atoms with Crippen molar-refractivity contribution in [1.82, 2.24) is 0 Å². The normalized spacial score (nSPS) is 20.8. The standard InChI is InChI=1S/C14H15F2NO3/c15-10-5-9(13(18)19)12(6-11(10)16)17-7-14(8-17)1-3-20-4-2-14/h5-6H,1-4,7-8H2,(H,18,19). The van der Waals surface area contributed by atoms with Gasteiger partial charge in [0.2, 0.25) is 0 Å². The van der Waals surface area contributed by atoms with Crippen molar-refractivity contribution in [2.45, 2.75) is 12.8 Å². The summed E-state index contributed by atoms with van der Waals surface area (Å²) in [5.41, 5.74) is 0.207. The van der Waals surface area contributed by atoms with Crippen molar-refractivity contribution in [1.29, 1.82) is 0 Å². The molecule has 6 heteroatoms. The van der Waals surface area contributed by atoms with E-state index in [-0.39, 0.29) is 16.7 Å². The number of ether oxygens (including phenoxy) is 1. The molecule has 2 heterocycles. The molecule has 4 nitrogen and oxygen atoms in total. The van der Waals surface area contributed by atoms with E-state index in [0.29, 0.717) is 26.3 Å². The monoisotopic (exact) mass is 283 g/mol. The summed E-state index contributed by atoms with van der Waals surface area (Å²) in [6.07, 6.45) is 1.85. The Bertz CT molecular complexity index is 548. The minimum absolute atomic E-state index is 0.138. The van der Waals surface area contributed by atoms with Crippen LogP contribution in [0.1, 0.15) is 23.2 Å². The van der Waals surface area contributed by atoms with Gasteiger partial charge in [0.25, 0.3) is 0 Å². The second-order valence-electron chi connectivity index (χ2n) is 5.56. The Morgan fingerprint density at radius 3 is 2.40 bits per heavy atom. The fourth-order valence-corrected chi connectivity index (χ4v) is 3.02. The molecule has 0 unspecified atom stereocenters. The van der Waals surface area contributed by atoms with Crippen LogP contribution in [0.2, 0.25) is 0 Å². The van der Waals surface area contributed by atoms with Gasteiger partial charge in [-0.15, -0.1) is 0 Å². The Labute approximate surface area is 114 Å². The van der Waals surface area contributed by atoms with E-state index in [2.05, 4.69) is 0 Å². The van der Waals surface area contributed by atoms with Crippen molar-refractivity contribution in [2.24, 2.45) is 5.41 Å². The molecular formula is C14H15F2NO3. The van der Waals surface area contributed by atoms with Gasteiger partial charge in [-0.25, -0.2) is 13.6 Å². The van der Waals surface area contributed by atoms with Crippen LogP contribution in [-0.4, -0.2) is 37.4 Å². The molecule has 1 spiro atoms. The zero-order chi connectivity index (χ0) is 14.3. The number of nitrogens with zero attached hydrogens (tertiary/aromatic N) is 1. The fraction of sp³-hybridized carbons (Fsp3) is 0.500. The minimum Gasteiger partial charge on any atom is -0.478 e. The molecule has 0 bridgehead atoms. The van der Waals surface area contributed by atoms with Gasteiger partial charge in [0.05, 0.1) is 11.3 Å². The molecular weight excluding hydrogens is 268 g/mol. The van der Waals surface area contributed by atoms with Crippen LogP contribution in [0.15, 0.2) is 12.1 Å². The maximum absolute atomic E-state index is 13.4. The van der Waals surface area contributed by atoms with Crippen molar-refractivity contribution in [3.8, 4) is 0 Å². The Morgan fingerprint density at radius 1 is 1.20 bits per heavy atom. The zero-order valence-corrected chi connectivity index (χ0v) is 10.9. The summed E-state index contributed by atoms with van der Waals surface area (Å²) >= 11 is 0. The molecule has 2 aliphatic heterocycles. The molecule has 0 saturated carbocycles. The van der Waals surface area contributed by atoms with Crippen LogP contribution >= 0.6 is 0 Å². The van der Waals surface area contributed by atoms with Crippen LogP contribution in [-0.2, 0) is 4.74 Å². The number of carbonyl (C=O) groups is 1. The lowest BCUT2D eigenvalue weighted by Gasteiger charge is -2.53. The van der Waals surface area contributed by atoms with Gasteiger partial charge in [0.1, 0.15) is 0 Å². The molecule has 108 valence electrons. The van der Waals surface area contributed by atoms with Crippen LogP contribution in [0.25, 0.3) is 0 Å². The molecule has 0 aliphatic carbocycles. The Balaban J connectivity index is 1.85. The van der Waals surface area contributed by atoms with Crippen LogP contribution in [0.4, 0.5) is 14.5 Å². The highest BCUT2D eigenvalue weighted by Crippen LogP contribution is 2.43. The lowest BCUT2D eigenvalue weighted by Crippen LogP contribution is -2.59. The molecule has 0 amide bonds. The number of benzene rings is 1. The first-order chi connectivity index (χ1) is 9.51. The number of carboxylic acids is 1. The highest BCUT2D eigenvalue weighted by molar-refractivity contribution is 5.94. The number of anilines is 1. The summed E-state index contributed by atoms with van der Waals surface area (Å²) in [6.45, 7) is 2.75. The Morgan fingerprint density at radius 2 is 1.80 bits per heavy atom. The van der Waals surface area contributed by atoms with E-state index < -0.39 is 17.6 Å². The minimum atomic E-state index is -1.24. The summed E-state index contributed by atoms with van der Waals surface area (Å²) in [6, 6.07) is 1.73. The number of rotatable bonds is 2. The van der Waals surface area contributed by atoms with Crippen molar-refractivity contribution in [2.75, 3.05) is 31.2 Å². The molecule has 2 saturated heterocycles. The van der Waals surface area contributed by atoms with Gasteiger partial charge in [-0.2, -0.15) is 0 Å². The molecule has 0 atom stereocenters. The van der Waals surface area contributed by atoms with Gasteiger partial charge in [-0.1, -0.05) is 0 Å². The second kappa shape index (κ2) is 4.70. The maximum atomic E-state index is 13.4. The number of hydrogen-bond acceptors (Lipinski definition) is 3. The predicted octanol–water partition coefficient (Wildman–Crippen LogP) is 2.28. The van der Waals surface area contributed by atoms with Crippen molar-refractivity contribution < 1.29 is 23.4 Å². The molecule has 0 aromatic heterocycles. The topological polar surface area (TPSA) is 49.8 Å². The van der Waals surface area contributed by atoms with E-state index in [1.807, 2.05) is 0 Å². The number of carboxylic acid groups (broad SMARTS) is 1. The molecule has 3 rings (SSSR count). The first kappa shape index (κ1) is 13.3. The summed E-state index contributed by atoms with van der Waals surface area (Å²) in [5.74, 6) is -3.39. The predicted molar refractivity (Wildman–Crippen MR) is 68.0 cm³/mol. The first-order valence-electron chi connectivity index (χ1n) is 6.56. The largest absolute Gasteiger partial charge is 0.478 e.